The SMILES string of the molecule is C(=N\N=c1/scc(-c2ccccc2)n1-c1ccccc1)/c1ccc2c(c1)OCO2. The van der Waals surface area contributed by atoms with Gasteiger partial charge in [-0.05, 0) is 41.5 Å². The smallest absolute Gasteiger partial charge is 0.231 e. The van der Waals surface area contributed by atoms with E-state index in [-0.39, 0.29) is 6.79 Å². The van der Waals surface area contributed by atoms with Crippen molar-refractivity contribution in [2.75, 3.05) is 6.79 Å². The maximum atomic E-state index is 5.42. The second-order valence-electron chi connectivity index (χ2n) is 6.40. The van der Waals surface area contributed by atoms with Gasteiger partial charge in [-0.15, -0.1) is 16.4 Å². The summed E-state index contributed by atoms with van der Waals surface area (Å²) in [6.07, 6.45) is 1.72. The summed E-state index contributed by atoms with van der Waals surface area (Å²) in [6.45, 7) is 0.259. The van der Waals surface area contributed by atoms with Crippen molar-refractivity contribution in [3.05, 3.63) is 94.6 Å². The molecule has 6 heteroatoms. The Labute approximate surface area is 171 Å². The Kier molecular flexibility index (Phi) is 4.68. The molecule has 1 aliphatic heterocycles. The number of hydrogen-bond acceptors (Lipinski definition) is 5. The van der Waals surface area contributed by atoms with E-state index in [9.17, 15) is 0 Å². The Bertz CT molecular complexity index is 1230. The second kappa shape index (κ2) is 7.77. The second-order valence-corrected chi connectivity index (χ2v) is 7.23. The first-order valence-electron chi connectivity index (χ1n) is 9.16. The Morgan fingerprint density at radius 3 is 2.45 bits per heavy atom. The van der Waals surface area contributed by atoms with Gasteiger partial charge < -0.3 is 9.47 Å². The average Bonchev–Trinajstić information content (AvgIpc) is 3.42. The van der Waals surface area contributed by atoms with Gasteiger partial charge in [0.2, 0.25) is 11.6 Å². The molecule has 1 aliphatic rings. The van der Waals surface area contributed by atoms with Crippen LogP contribution < -0.4 is 14.3 Å². The van der Waals surface area contributed by atoms with Gasteiger partial charge >= 0.3 is 0 Å². The van der Waals surface area contributed by atoms with Gasteiger partial charge in [-0.3, -0.25) is 4.57 Å². The fraction of sp³-hybridized carbons (Fsp3) is 0.0435. The minimum absolute atomic E-state index is 0.259. The highest BCUT2D eigenvalue weighted by Gasteiger charge is 2.12. The Hall–Kier alpha value is -3.64. The molecular weight excluding hydrogens is 382 g/mol. The Morgan fingerprint density at radius 1 is 0.862 bits per heavy atom. The van der Waals surface area contributed by atoms with Crippen LogP contribution in [-0.4, -0.2) is 17.6 Å². The molecular formula is C23H17N3O2S. The summed E-state index contributed by atoms with van der Waals surface area (Å²) in [6, 6.07) is 26.2. The summed E-state index contributed by atoms with van der Waals surface area (Å²) in [7, 11) is 0. The first-order chi connectivity index (χ1) is 14.4. The molecule has 0 fully saturated rings. The van der Waals surface area contributed by atoms with Gasteiger partial charge in [0.25, 0.3) is 0 Å². The zero-order valence-electron chi connectivity index (χ0n) is 15.4. The number of nitrogens with zero attached hydrogens (tertiary/aromatic N) is 3. The predicted molar refractivity (Wildman–Crippen MR) is 115 cm³/mol. The molecule has 1 aromatic heterocycles. The number of benzene rings is 3. The molecule has 5 rings (SSSR count). The standard InChI is InChI=1S/C23H17N3O2S/c1-3-7-18(8-4-1)20-15-29-23(26(20)19-9-5-2-6-10-19)25-24-14-17-11-12-21-22(13-17)28-16-27-21/h1-15H,16H2/b24-14+,25-23-. The zero-order chi connectivity index (χ0) is 19.5. The van der Waals surface area contributed by atoms with Gasteiger partial charge in [-0.25, -0.2) is 0 Å². The number of fused-ring (bicyclic) bond motifs is 1. The normalized spacial score (nSPS) is 13.3. The van der Waals surface area contributed by atoms with E-state index in [1.807, 2.05) is 54.6 Å². The molecule has 0 saturated carbocycles. The number of thiazole rings is 1. The van der Waals surface area contributed by atoms with E-state index >= 15 is 0 Å². The average molecular weight is 399 g/mol. The van der Waals surface area contributed by atoms with Crippen molar-refractivity contribution < 1.29 is 9.47 Å². The molecule has 3 aromatic carbocycles. The first-order valence-corrected chi connectivity index (χ1v) is 10.0. The molecule has 29 heavy (non-hydrogen) atoms. The fourth-order valence-electron chi connectivity index (χ4n) is 3.16. The minimum atomic E-state index is 0.259. The summed E-state index contributed by atoms with van der Waals surface area (Å²) < 4.78 is 12.9. The van der Waals surface area contributed by atoms with Crippen molar-refractivity contribution in [2.45, 2.75) is 0 Å². The lowest BCUT2D eigenvalue weighted by atomic mass is 10.1. The maximum absolute atomic E-state index is 5.42. The highest BCUT2D eigenvalue weighted by molar-refractivity contribution is 7.07. The lowest BCUT2D eigenvalue weighted by Gasteiger charge is -2.08. The Balaban J connectivity index is 1.55. The molecule has 0 N–H and O–H groups in total. The van der Waals surface area contributed by atoms with E-state index in [0.717, 1.165) is 38.8 Å². The molecule has 0 unspecified atom stereocenters. The van der Waals surface area contributed by atoms with Crippen molar-refractivity contribution in [1.82, 2.24) is 4.57 Å². The van der Waals surface area contributed by atoms with Gasteiger partial charge in [0.1, 0.15) is 0 Å². The quantitative estimate of drug-likeness (QED) is 0.363. The summed E-state index contributed by atoms with van der Waals surface area (Å²) in [5, 5.41) is 10.9. The first kappa shape index (κ1) is 17.5. The van der Waals surface area contributed by atoms with Crippen LogP contribution in [0.1, 0.15) is 5.56 Å². The van der Waals surface area contributed by atoms with Crippen molar-refractivity contribution in [3.8, 4) is 28.4 Å². The minimum Gasteiger partial charge on any atom is -0.454 e. The highest BCUT2D eigenvalue weighted by Crippen LogP contribution is 2.32. The van der Waals surface area contributed by atoms with Crippen molar-refractivity contribution >= 4 is 17.6 Å². The number of aromatic nitrogens is 1. The molecule has 2 heterocycles. The third-order valence-electron chi connectivity index (χ3n) is 4.54. The van der Waals surface area contributed by atoms with Crippen molar-refractivity contribution in [3.63, 3.8) is 0 Å². The molecule has 0 aliphatic carbocycles. The number of ether oxygens (including phenoxy) is 2. The summed E-state index contributed by atoms with van der Waals surface area (Å²) >= 11 is 1.56. The summed E-state index contributed by atoms with van der Waals surface area (Å²) in [5.41, 5.74) is 4.17. The molecule has 5 nitrogen and oxygen atoms in total. The van der Waals surface area contributed by atoms with E-state index in [2.05, 4.69) is 44.4 Å². The number of hydrogen-bond donors (Lipinski definition) is 0. The van der Waals surface area contributed by atoms with Crippen LogP contribution in [0.5, 0.6) is 11.5 Å². The lowest BCUT2D eigenvalue weighted by molar-refractivity contribution is 0.174. The van der Waals surface area contributed by atoms with Gasteiger partial charge in [-0.2, -0.15) is 5.10 Å². The molecule has 0 amide bonds. The van der Waals surface area contributed by atoms with Crippen LogP contribution >= 0.6 is 11.3 Å². The van der Waals surface area contributed by atoms with Crippen LogP contribution in [0.2, 0.25) is 0 Å². The zero-order valence-corrected chi connectivity index (χ0v) is 16.3. The maximum Gasteiger partial charge on any atom is 0.231 e. The molecule has 4 aromatic rings. The van der Waals surface area contributed by atoms with Gasteiger partial charge in [0, 0.05) is 11.1 Å². The monoisotopic (exact) mass is 399 g/mol. The van der Waals surface area contributed by atoms with Crippen LogP contribution in [0.25, 0.3) is 16.9 Å². The molecule has 0 spiro atoms. The van der Waals surface area contributed by atoms with E-state index in [0.29, 0.717) is 0 Å². The largest absolute Gasteiger partial charge is 0.454 e. The third kappa shape index (κ3) is 3.58. The van der Waals surface area contributed by atoms with Gasteiger partial charge in [0.05, 0.1) is 11.9 Å². The fourth-order valence-corrected chi connectivity index (χ4v) is 4.02. The topological polar surface area (TPSA) is 48.1 Å². The Morgan fingerprint density at radius 2 is 1.62 bits per heavy atom. The number of para-hydroxylation sites is 1. The van der Waals surface area contributed by atoms with E-state index in [1.165, 1.54) is 0 Å². The van der Waals surface area contributed by atoms with Crippen LogP contribution in [0.4, 0.5) is 0 Å². The van der Waals surface area contributed by atoms with Gasteiger partial charge in [0.15, 0.2) is 11.5 Å². The molecule has 0 radical (unpaired) electrons. The summed E-state index contributed by atoms with van der Waals surface area (Å²) in [4.78, 5) is 0.798. The lowest BCUT2D eigenvalue weighted by Crippen LogP contribution is -2.13. The van der Waals surface area contributed by atoms with E-state index in [1.54, 1.807) is 17.6 Å². The summed E-state index contributed by atoms with van der Waals surface area (Å²) in [5.74, 6) is 1.49. The van der Waals surface area contributed by atoms with Crippen LogP contribution in [0, 0.1) is 0 Å². The molecule has 142 valence electrons. The molecule has 0 bridgehead atoms. The third-order valence-corrected chi connectivity index (χ3v) is 5.35. The van der Waals surface area contributed by atoms with E-state index in [4.69, 9.17) is 9.47 Å². The van der Waals surface area contributed by atoms with Gasteiger partial charge in [-0.1, -0.05) is 48.5 Å². The van der Waals surface area contributed by atoms with Crippen LogP contribution in [-0.2, 0) is 0 Å². The van der Waals surface area contributed by atoms with Crippen LogP contribution in [0.15, 0.2) is 94.4 Å². The number of rotatable bonds is 4. The van der Waals surface area contributed by atoms with Crippen molar-refractivity contribution in [2.24, 2.45) is 10.2 Å². The van der Waals surface area contributed by atoms with Crippen molar-refractivity contribution in [1.29, 1.82) is 0 Å². The molecule has 0 atom stereocenters. The predicted octanol–water partition coefficient (Wildman–Crippen LogP) is 4.87. The molecule has 0 saturated heterocycles. The van der Waals surface area contributed by atoms with E-state index < -0.39 is 0 Å². The van der Waals surface area contributed by atoms with Crippen LogP contribution in [0.3, 0.4) is 0 Å². The highest BCUT2D eigenvalue weighted by atomic mass is 32.1.